The number of rotatable bonds is 4. The summed E-state index contributed by atoms with van der Waals surface area (Å²) in [6.45, 7) is 2.30. The average molecular weight is 397 g/mol. The zero-order valence-electron chi connectivity index (χ0n) is 13.6. The zero-order valence-corrected chi connectivity index (χ0v) is 15.1. The topological polar surface area (TPSA) is 86.8 Å². The van der Waals surface area contributed by atoms with E-state index in [1.165, 1.54) is 31.3 Å². The number of carbonyl (C=O) groups excluding carboxylic acids is 2. The molecule has 0 saturated heterocycles. The highest BCUT2D eigenvalue weighted by atomic mass is 35.5. The van der Waals surface area contributed by atoms with Gasteiger partial charge in [0.05, 0.1) is 15.6 Å². The first-order valence-electron chi connectivity index (χ1n) is 7.66. The van der Waals surface area contributed by atoms with Gasteiger partial charge in [0.1, 0.15) is 13.2 Å². The van der Waals surface area contributed by atoms with Crippen LogP contribution in [-0.2, 0) is 9.53 Å². The molecule has 1 atom stereocenters. The molecule has 7 nitrogen and oxygen atoms in total. The maximum Gasteiger partial charge on any atom is 0.339 e. The van der Waals surface area contributed by atoms with E-state index >= 15 is 0 Å². The van der Waals surface area contributed by atoms with Crippen molar-refractivity contribution in [1.29, 1.82) is 0 Å². The number of ether oxygens (including phenoxy) is 3. The third-order valence-electron chi connectivity index (χ3n) is 3.48. The van der Waals surface area contributed by atoms with Gasteiger partial charge in [0, 0.05) is 6.20 Å². The Balaban J connectivity index is 1.64. The van der Waals surface area contributed by atoms with E-state index in [9.17, 15) is 9.59 Å². The number of amides is 1. The molecular weight excluding hydrogens is 383 g/mol. The van der Waals surface area contributed by atoms with Crippen molar-refractivity contribution in [3.05, 3.63) is 46.1 Å². The summed E-state index contributed by atoms with van der Waals surface area (Å²) in [5.74, 6) is -0.0994. The molecule has 26 heavy (non-hydrogen) atoms. The number of nitrogens with zero attached hydrogens (tertiary/aromatic N) is 1. The van der Waals surface area contributed by atoms with Crippen LogP contribution in [0.25, 0.3) is 0 Å². The van der Waals surface area contributed by atoms with Crippen molar-refractivity contribution in [1.82, 2.24) is 4.98 Å². The van der Waals surface area contributed by atoms with Gasteiger partial charge in [0.2, 0.25) is 0 Å². The normalized spacial score (nSPS) is 13.7. The highest BCUT2D eigenvalue weighted by Gasteiger charge is 2.22. The van der Waals surface area contributed by atoms with Crippen molar-refractivity contribution >= 4 is 40.9 Å². The second-order valence-electron chi connectivity index (χ2n) is 5.38. The minimum atomic E-state index is -1.07. The van der Waals surface area contributed by atoms with Gasteiger partial charge in [-0.25, -0.2) is 9.78 Å². The lowest BCUT2D eigenvalue weighted by molar-refractivity contribution is -0.123. The molecule has 0 bridgehead atoms. The van der Waals surface area contributed by atoms with Crippen LogP contribution < -0.4 is 14.8 Å². The van der Waals surface area contributed by atoms with Crippen LogP contribution in [0, 0.1) is 0 Å². The first-order chi connectivity index (χ1) is 12.4. The van der Waals surface area contributed by atoms with E-state index in [1.54, 1.807) is 6.07 Å². The van der Waals surface area contributed by atoms with Crippen molar-refractivity contribution in [3.8, 4) is 11.5 Å². The first-order valence-corrected chi connectivity index (χ1v) is 8.42. The summed E-state index contributed by atoms with van der Waals surface area (Å²) in [5.41, 5.74) is 0.247. The molecule has 0 fully saturated rings. The second kappa shape index (κ2) is 7.80. The van der Waals surface area contributed by atoms with Crippen LogP contribution in [0.1, 0.15) is 17.3 Å². The lowest BCUT2D eigenvalue weighted by atomic mass is 10.2. The molecule has 0 radical (unpaired) electrons. The molecule has 1 N–H and O–H groups in total. The summed E-state index contributed by atoms with van der Waals surface area (Å²) in [5, 5.41) is 3.00. The largest absolute Gasteiger partial charge is 0.486 e. The van der Waals surface area contributed by atoms with E-state index in [0.717, 1.165) is 0 Å². The number of aromatic nitrogens is 1. The van der Waals surface area contributed by atoms with Crippen LogP contribution in [-0.4, -0.2) is 36.2 Å². The SMILES string of the molecule is C[C@@H](OC(=O)c1ccc2c(c1)OCCO2)C(=O)Nc1ncc(Cl)cc1Cl. The molecule has 0 saturated carbocycles. The van der Waals surface area contributed by atoms with Crippen LogP contribution in [0.2, 0.25) is 10.0 Å². The van der Waals surface area contributed by atoms with Gasteiger partial charge in [-0.05, 0) is 31.2 Å². The fraction of sp³-hybridized carbons (Fsp3) is 0.235. The van der Waals surface area contributed by atoms with E-state index in [4.69, 9.17) is 37.4 Å². The Morgan fingerprint density at radius 1 is 1.19 bits per heavy atom. The molecule has 1 aromatic heterocycles. The van der Waals surface area contributed by atoms with Crippen molar-refractivity contribution in [2.24, 2.45) is 0 Å². The van der Waals surface area contributed by atoms with Gasteiger partial charge in [-0.2, -0.15) is 0 Å². The Morgan fingerprint density at radius 3 is 2.65 bits per heavy atom. The summed E-state index contributed by atoms with van der Waals surface area (Å²) >= 11 is 11.7. The van der Waals surface area contributed by atoms with Gasteiger partial charge in [0.25, 0.3) is 5.91 Å². The first kappa shape index (κ1) is 18.3. The minimum absolute atomic E-state index is 0.128. The summed E-state index contributed by atoms with van der Waals surface area (Å²) < 4.78 is 16.0. The fourth-order valence-electron chi connectivity index (χ4n) is 2.18. The van der Waals surface area contributed by atoms with E-state index in [2.05, 4.69) is 10.3 Å². The van der Waals surface area contributed by atoms with E-state index in [0.29, 0.717) is 29.7 Å². The predicted octanol–water partition coefficient (Wildman–Crippen LogP) is 3.34. The third kappa shape index (κ3) is 4.17. The molecule has 1 aliphatic rings. The van der Waals surface area contributed by atoms with Crippen LogP contribution in [0.4, 0.5) is 5.82 Å². The van der Waals surface area contributed by atoms with E-state index in [1.807, 2.05) is 0 Å². The average Bonchev–Trinajstić information content (AvgIpc) is 2.63. The minimum Gasteiger partial charge on any atom is -0.486 e. The fourth-order valence-corrected chi connectivity index (χ4v) is 2.60. The molecule has 9 heteroatoms. The number of benzene rings is 1. The molecule has 3 rings (SSSR count). The number of anilines is 1. The summed E-state index contributed by atoms with van der Waals surface area (Å²) in [6, 6.07) is 6.11. The van der Waals surface area contributed by atoms with Crippen molar-refractivity contribution in [3.63, 3.8) is 0 Å². The van der Waals surface area contributed by atoms with Crippen molar-refractivity contribution in [2.75, 3.05) is 18.5 Å². The molecule has 136 valence electrons. The lowest BCUT2D eigenvalue weighted by Gasteiger charge is -2.19. The standard InChI is InChI=1S/C17H14Cl2N2O5/c1-9(16(22)21-15-12(19)7-11(18)8-20-15)26-17(23)10-2-3-13-14(6-10)25-5-4-24-13/h2-3,6-9H,4-5H2,1H3,(H,20,21,22)/t9-/m1/s1. The van der Waals surface area contributed by atoms with Crippen LogP contribution >= 0.6 is 23.2 Å². The number of fused-ring (bicyclic) bond motifs is 1. The van der Waals surface area contributed by atoms with Crippen molar-refractivity contribution in [2.45, 2.75) is 13.0 Å². The van der Waals surface area contributed by atoms with Crippen LogP contribution in [0.3, 0.4) is 0 Å². The van der Waals surface area contributed by atoms with Gasteiger partial charge in [0.15, 0.2) is 23.4 Å². The number of halogens is 2. The number of hydrogen-bond donors (Lipinski definition) is 1. The number of nitrogens with one attached hydrogen (secondary N) is 1. The Morgan fingerprint density at radius 2 is 1.92 bits per heavy atom. The third-order valence-corrected chi connectivity index (χ3v) is 3.98. The van der Waals surface area contributed by atoms with Gasteiger partial charge in [-0.1, -0.05) is 23.2 Å². The van der Waals surface area contributed by atoms with Gasteiger partial charge >= 0.3 is 5.97 Å². The van der Waals surface area contributed by atoms with Crippen LogP contribution in [0.15, 0.2) is 30.5 Å². The summed E-state index contributed by atoms with van der Waals surface area (Å²) in [6.07, 6.45) is 0.277. The Hall–Kier alpha value is -2.51. The smallest absolute Gasteiger partial charge is 0.339 e. The van der Waals surface area contributed by atoms with Gasteiger partial charge < -0.3 is 19.5 Å². The molecular formula is C17H14Cl2N2O5. The lowest BCUT2D eigenvalue weighted by Crippen LogP contribution is -2.30. The monoisotopic (exact) mass is 396 g/mol. The van der Waals surface area contributed by atoms with Gasteiger partial charge in [-0.15, -0.1) is 0 Å². The molecule has 0 spiro atoms. The Bertz CT molecular complexity index is 859. The zero-order chi connectivity index (χ0) is 18.7. The van der Waals surface area contributed by atoms with Crippen LogP contribution in [0.5, 0.6) is 11.5 Å². The molecule has 2 aromatic rings. The highest BCUT2D eigenvalue weighted by molar-refractivity contribution is 6.36. The maximum absolute atomic E-state index is 12.3. The molecule has 1 aliphatic heterocycles. The maximum atomic E-state index is 12.3. The number of esters is 1. The quantitative estimate of drug-likeness (QED) is 0.797. The molecule has 1 aromatic carbocycles. The highest BCUT2D eigenvalue weighted by Crippen LogP contribution is 2.31. The van der Waals surface area contributed by atoms with E-state index in [-0.39, 0.29) is 16.4 Å². The summed E-state index contributed by atoms with van der Waals surface area (Å²) in [4.78, 5) is 28.4. The molecule has 0 unspecified atom stereocenters. The van der Waals surface area contributed by atoms with E-state index < -0.39 is 18.0 Å². The second-order valence-corrected chi connectivity index (χ2v) is 6.22. The molecule has 0 aliphatic carbocycles. The molecule has 2 heterocycles. The number of hydrogen-bond acceptors (Lipinski definition) is 6. The Labute approximate surface area is 159 Å². The number of pyridine rings is 1. The predicted molar refractivity (Wildman–Crippen MR) is 95.2 cm³/mol. The Kier molecular flexibility index (Phi) is 5.49. The van der Waals surface area contributed by atoms with Crippen molar-refractivity contribution < 1.29 is 23.8 Å². The molecule has 1 amide bonds. The number of carbonyl (C=O) groups is 2. The summed E-state index contributed by atoms with van der Waals surface area (Å²) in [7, 11) is 0. The van der Waals surface area contributed by atoms with Gasteiger partial charge in [-0.3, -0.25) is 4.79 Å².